The first kappa shape index (κ1) is 21.8. The summed E-state index contributed by atoms with van der Waals surface area (Å²) >= 11 is 0. The molecule has 1 heterocycles. The molecule has 1 heteroatoms. The minimum Gasteiger partial charge on any atom is -0.371 e. The number of benzene rings is 1. The Balaban J connectivity index is 2.15. The van der Waals surface area contributed by atoms with Crippen LogP contribution in [0.25, 0.3) is 11.3 Å². The van der Waals surface area contributed by atoms with Gasteiger partial charge in [-0.25, -0.2) is 0 Å². The largest absolute Gasteiger partial charge is 0.371 e. The van der Waals surface area contributed by atoms with Crippen LogP contribution in [0.4, 0.5) is 0 Å². The van der Waals surface area contributed by atoms with Crippen LogP contribution in [0.3, 0.4) is 0 Å². The molecular formula is C27H35N. The maximum atomic E-state index is 4.45. The topological polar surface area (TPSA) is 3.24 Å². The summed E-state index contributed by atoms with van der Waals surface area (Å²) in [6, 6.07) is 4.52. The molecule has 0 aliphatic carbocycles. The van der Waals surface area contributed by atoms with Gasteiger partial charge in [0.15, 0.2) is 0 Å². The standard InChI is InChI=1S/C27H35N/c1-9-10-24(12-11-19(2)3)25-13-15-28(16-14-25)23(8)27-18-26(20(4)5)21(6)17-22(27)7/h9-12,17-18,25H,1-2,4,8,13-16H2,3,5-7H3/b12-11-,24-10+. The molecule has 1 saturated heterocycles. The van der Waals surface area contributed by atoms with Gasteiger partial charge in [-0.2, -0.15) is 0 Å². The fraction of sp³-hybridized carbons (Fsp3) is 0.333. The van der Waals surface area contributed by atoms with Gasteiger partial charge in [0.2, 0.25) is 0 Å². The molecule has 0 atom stereocenters. The van der Waals surface area contributed by atoms with Gasteiger partial charge in [-0.05, 0) is 74.8 Å². The van der Waals surface area contributed by atoms with E-state index >= 15 is 0 Å². The molecule has 0 amide bonds. The number of piperidine rings is 1. The normalized spacial score (nSPS) is 15.7. The van der Waals surface area contributed by atoms with Crippen LogP contribution in [0.1, 0.15) is 48.9 Å². The fourth-order valence-electron chi connectivity index (χ4n) is 3.98. The van der Waals surface area contributed by atoms with E-state index in [2.05, 4.69) is 82.3 Å². The molecule has 0 spiro atoms. The van der Waals surface area contributed by atoms with Gasteiger partial charge in [0, 0.05) is 24.4 Å². The predicted molar refractivity (Wildman–Crippen MR) is 126 cm³/mol. The maximum Gasteiger partial charge on any atom is 0.0369 e. The summed E-state index contributed by atoms with van der Waals surface area (Å²) in [7, 11) is 0. The fourth-order valence-corrected chi connectivity index (χ4v) is 3.98. The number of likely N-dealkylation sites (tertiary alicyclic amines) is 1. The highest BCUT2D eigenvalue weighted by atomic mass is 15.1. The molecule has 1 fully saturated rings. The second-order valence-corrected chi connectivity index (χ2v) is 8.05. The highest BCUT2D eigenvalue weighted by Crippen LogP contribution is 2.32. The molecular weight excluding hydrogens is 338 g/mol. The average Bonchev–Trinajstić information content (AvgIpc) is 2.64. The van der Waals surface area contributed by atoms with Crippen LogP contribution in [0, 0.1) is 19.8 Å². The first-order valence-electron chi connectivity index (χ1n) is 10.1. The number of rotatable bonds is 7. The van der Waals surface area contributed by atoms with Crippen molar-refractivity contribution < 1.29 is 0 Å². The number of nitrogens with zero attached hydrogens (tertiary/aromatic N) is 1. The third-order valence-corrected chi connectivity index (χ3v) is 5.56. The lowest BCUT2D eigenvalue weighted by molar-refractivity contribution is 0.280. The summed E-state index contributed by atoms with van der Waals surface area (Å²) in [6.45, 7) is 26.9. The van der Waals surface area contributed by atoms with Crippen molar-refractivity contribution in [1.29, 1.82) is 0 Å². The molecule has 0 N–H and O–H groups in total. The Kier molecular flexibility index (Phi) is 7.45. The van der Waals surface area contributed by atoms with Crippen LogP contribution in [-0.4, -0.2) is 18.0 Å². The highest BCUT2D eigenvalue weighted by Gasteiger charge is 2.23. The van der Waals surface area contributed by atoms with E-state index in [0.717, 1.165) is 42.8 Å². The minimum absolute atomic E-state index is 0.558. The molecule has 1 nitrogen and oxygen atoms in total. The number of hydrogen-bond donors (Lipinski definition) is 0. The Morgan fingerprint density at radius 3 is 2.11 bits per heavy atom. The van der Waals surface area contributed by atoms with Crippen molar-refractivity contribution in [3.8, 4) is 0 Å². The van der Waals surface area contributed by atoms with Crippen LogP contribution >= 0.6 is 0 Å². The average molecular weight is 374 g/mol. The van der Waals surface area contributed by atoms with Crippen molar-refractivity contribution in [3.63, 3.8) is 0 Å². The highest BCUT2D eigenvalue weighted by molar-refractivity contribution is 5.73. The molecule has 0 bridgehead atoms. The second kappa shape index (κ2) is 9.59. The molecule has 0 radical (unpaired) electrons. The molecule has 1 aromatic rings. The summed E-state index contributed by atoms with van der Waals surface area (Å²) in [5.74, 6) is 0.558. The van der Waals surface area contributed by atoms with E-state index in [-0.39, 0.29) is 0 Å². The molecule has 28 heavy (non-hydrogen) atoms. The molecule has 0 unspecified atom stereocenters. The van der Waals surface area contributed by atoms with Gasteiger partial charge in [0.05, 0.1) is 0 Å². The van der Waals surface area contributed by atoms with Crippen molar-refractivity contribution in [3.05, 3.63) is 96.2 Å². The molecule has 2 rings (SSSR count). The Morgan fingerprint density at radius 1 is 0.964 bits per heavy atom. The molecule has 1 aliphatic heterocycles. The lowest BCUT2D eigenvalue weighted by Crippen LogP contribution is -2.32. The lowest BCUT2D eigenvalue weighted by Gasteiger charge is -2.36. The third-order valence-electron chi connectivity index (χ3n) is 5.56. The van der Waals surface area contributed by atoms with Gasteiger partial charge in [-0.1, -0.05) is 67.8 Å². The third kappa shape index (κ3) is 5.25. The van der Waals surface area contributed by atoms with Crippen LogP contribution < -0.4 is 0 Å². The van der Waals surface area contributed by atoms with E-state index in [9.17, 15) is 0 Å². The van der Waals surface area contributed by atoms with E-state index < -0.39 is 0 Å². The van der Waals surface area contributed by atoms with Crippen LogP contribution in [-0.2, 0) is 0 Å². The number of aryl methyl sites for hydroxylation is 2. The predicted octanol–water partition coefficient (Wildman–Crippen LogP) is 7.26. The van der Waals surface area contributed by atoms with E-state index in [1.54, 1.807) is 0 Å². The summed E-state index contributed by atoms with van der Waals surface area (Å²) in [4.78, 5) is 2.43. The first-order valence-corrected chi connectivity index (χ1v) is 10.1. The summed E-state index contributed by atoms with van der Waals surface area (Å²) in [5.41, 5.74) is 9.70. The van der Waals surface area contributed by atoms with Gasteiger partial charge in [-0.3, -0.25) is 0 Å². The van der Waals surface area contributed by atoms with Gasteiger partial charge in [0.25, 0.3) is 0 Å². The monoisotopic (exact) mass is 373 g/mol. The van der Waals surface area contributed by atoms with Crippen LogP contribution in [0.15, 0.2) is 73.9 Å². The Morgan fingerprint density at radius 2 is 1.57 bits per heavy atom. The minimum atomic E-state index is 0.558. The van der Waals surface area contributed by atoms with Crippen molar-refractivity contribution >= 4 is 11.3 Å². The van der Waals surface area contributed by atoms with Crippen LogP contribution in [0.2, 0.25) is 0 Å². The van der Waals surface area contributed by atoms with E-state index in [1.807, 2.05) is 13.0 Å². The molecule has 1 aliphatic rings. The number of hydrogen-bond acceptors (Lipinski definition) is 1. The summed E-state index contributed by atoms with van der Waals surface area (Å²) in [5, 5.41) is 0. The smallest absolute Gasteiger partial charge is 0.0369 e. The van der Waals surface area contributed by atoms with E-state index in [0.29, 0.717) is 5.92 Å². The zero-order valence-electron chi connectivity index (χ0n) is 18.1. The van der Waals surface area contributed by atoms with Crippen molar-refractivity contribution in [2.45, 2.75) is 40.5 Å². The van der Waals surface area contributed by atoms with E-state index in [1.165, 1.54) is 27.8 Å². The molecule has 1 aromatic carbocycles. The van der Waals surface area contributed by atoms with Gasteiger partial charge < -0.3 is 4.90 Å². The number of allylic oxidation sites excluding steroid dienone is 7. The van der Waals surface area contributed by atoms with Gasteiger partial charge >= 0.3 is 0 Å². The zero-order chi connectivity index (χ0) is 20.8. The second-order valence-electron chi connectivity index (χ2n) is 8.05. The Hall–Kier alpha value is -2.54. The van der Waals surface area contributed by atoms with Gasteiger partial charge in [-0.15, -0.1) is 0 Å². The van der Waals surface area contributed by atoms with Crippen LogP contribution in [0.5, 0.6) is 0 Å². The SMILES string of the molecule is C=C/C=C(\C=C/C(=C)C)C1CCN(C(=C)c2cc(C(=C)C)c(C)cc2C)CC1. The quantitative estimate of drug-likeness (QED) is 0.454. The molecule has 148 valence electrons. The summed E-state index contributed by atoms with van der Waals surface area (Å²) in [6.07, 6.45) is 10.6. The zero-order valence-corrected chi connectivity index (χ0v) is 18.1. The van der Waals surface area contributed by atoms with Gasteiger partial charge in [0.1, 0.15) is 0 Å². The Bertz CT molecular complexity index is 839. The van der Waals surface area contributed by atoms with Crippen molar-refractivity contribution in [1.82, 2.24) is 4.90 Å². The van der Waals surface area contributed by atoms with E-state index in [4.69, 9.17) is 0 Å². The summed E-state index contributed by atoms with van der Waals surface area (Å²) < 4.78 is 0. The van der Waals surface area contributed by atoms with Crippen molar-refractivity contribution in [2.24, 2.45) is 5.92 Å². The maximum absolute atomic E-state index is 4.45. The Labute approximate surface area is 172 Å². The molecule has 0 aromatic heterocycles. The lowest BCUT2D eigenvalue weighted by atomic mass is 9.87. The molecule has 0 saturated carbocycles. The first-order chi connectivity index (χ1) is 13.2. The van der Waals surface area contributed by atoms with Crippen molar-refractivity contribution in [2.75, 3.05) is 13.1 Å².